The van der Waals surface area contributed by atoms with E-state index in [9.17, 15) is 9.59 Å². The van der Waals surface area contributed by atoms with Crippen molar-refractivity contribution < 1.29 is 9.59 Å². The van der Waals surface area contributed by atoms with E-state index in [1.54, 1.807) is 12.1 Å². The molecule has 0 aromatic heterocycles. The molecule has 2 aromatic rings. The maximum absolute atomic E-state index is 12.6. The number of nitrogens with one attached hydrogen (secondary N) is 2. The van der Waals surface area contributed by atoms with Crippen LogP contribution >= 0.6 is 11.6 Å². The summed E-state index contributed by atoms with van der Waals surface area (Å²) in [6.45, 7) is 1.45. The van der Waals surface area contributed by atoms with Gasteiger partial charge in [0.2, 0.25) is 11.8 Å². The third kappa shape index (κ3) is 4.40. The number of carbonyl (C=O) groups is 2. The second kappa shape index (κ2) is 7.70. The van der Waals surface area contributed by atoms with Gasteiger partial charge < -0.3 is 10.6 Å². The first-order valence-corrected chi connectivity index (χ1v) is 8.80. The molecule has 2 aromatic carbocycles. The highest BCUT2D eigenvalue weighted by atomic mass is 35.5. The lowest BCUT2D eigenvalue weighted by atomic mass is 10.0. The zero-order valence-corrected chi connectivity index (χ0v) is 14.8. The molecule has 0 radical (unpaired) electrons. The highest BCUT2D eigenvalue weighted by Gasteiger charge is 2.25. The maximum atomic E-state index is 12.6. The predicted molar refractivity (Wildman–Crippen MR) is 98.3 cm³/mol. The lowest BCUT2D eigenvalue weighted by Crippen LogP contribution is -2.34. The average molecular weight is 357 g/mol. The smallest absolute Gasteiger partial charge is 0.222 e. The zero-order chi connectivity index (χ0) is 17.8. The number of hydrogen-bond donors (Lipinski definition) is 2. The van der Waals surface area contributed by atoms with Crippen molar-refractivity contribution in [2.75, 3.05) is 0 Å². The van der Waals surface area contributed by atoms with Gasteiger partial charge in [0.05, 0.1) is 18.5 Å². The summed E-state index contributed by atoms with van der Waals surface area (Å²) in [5.74, 6) is -0.241. The lowest BCUT2D eigenvalue weighted by Gasteiger charge is -2.20. The predicted octanol–water partition coefficient (Wildman–Crippen LogP) is 3.71. The van der Waals surface area contributed by atoms with E-state index in [0.717, 1.165) is 18.4 Å². The molecule has 2 amide bonds. The molecule has 130 valence electrons. The van der Waals surface area contributed by atoms with Crippen LogP contribution in [0.3, 0.4) is 0 Å². The number of aryl methyl sites for hydroxylation is 1. The third-order valence-electron chi connectivity index (χ3n) is 4.51. The minimum atomic E-state index is -0.369. The Morgan fingerprint density at radius 3 is 2.60 bits per heavy atom. The minimum absolute atomic E-state index is 0.0481. The monoisotopic (exact) mass is 356 g/mol. The number of fused-ring (bicyclic) bond motifs is 1. The molecule has 2 N–H and O–H groups in total. The quantitative estimate of drug-likeness (QED) is 0.858. The third-order valence-corrected chi connectivity index (χ3v) is 4.76. The first-order chi connectivity index (χ1) is 12.0. The number of halogens is 1. The van der Waals surface area contributed by atoms with Gasteiger partial charge in [-0.3, -0.25) is 9.59 Å². The molecule has 5 heteroatoms. The fourth-order valence-corrected chi connectivity index (χ4v) is 3.46. The van der Waals surface area contributed by atoms with Crippen molar-refractivity contribution in [2.45, 2.75) is 38.3 Å². The summed E-state index contributed by atoms with van der Waals surface area (Å²) in [5.41, 5.74) is 3.35. The van der Waals surface area contributed by atoms with Gasteiger partial charge in [0.25, 0.3) is 0 Å². The second-order valence-electron chi connectivity index (χ2n) is 6.37. The van der Waals surface area contributed by atoms with Crippen molar-refractivity contribution in [3.05, 3.63) is 70.2 Å². The van der Waals surface area contributed by atoms with Crippen LogP contribution in [0.25, 0.3) is 0 Å². The Balaban J connectivity index is 1.68. The summed E-state index contributed by atoms with van der Waals surface area (Å²) in [4.78, 5) is 24.1. The number of rotatable bonds is 5. The zero-order valence-electron chi connectivity index (χ0n) is 14.1. The molecule has 2 atom stereocenters. The highest BCUT2D eigenvalue weighted by Crippen LogP contribution is 2.31. The van der Waals surface area contributed by atoms with E-state index in [1.807, 2.05) is 24.3 Å². The largest absolute Gasteiger partial charge is 0.349 e. The SMILES string of the molecule is CC(=O)NC(CC(=O)NC1CCc2ccccc21)c1ccc(Cl)cc1. The number of amides is 2. The van der Waals surface area contributed by atoms with Crippen LogP contribution in [-0.2, 0) is 16.0 Å². The van der Waals surface area contributed by atoms with E-state index in [4.69, 9.17) is 11.6 Å². The number of carbonyl (C=O) groups excluding carboxylic acids is 2. The van der Waals surface area contributed by atoms with Crippen LogP contribution in [0.5, 0.6) is 0 Å². The fourth-order valence-electron chi connectivity index (χ4n) is 3.34. The van der Waals surface area contributed by atoms with E-state index < -0.39 is 0 Å². The van der Waals surface area contributed by atoms with E-state index in [2.05, 4.69) is 22.8 Å². The van der Waals surface area contributed by atoms with E-state index in [-0.39, 0.29) is 30.3 Å². The van der Waals surface area contributed by atoms with Gasteiger partial charge in [0.15, 0.2) is 0 Å². The van der Waals surface area contributed by atoms with Crippen molar-refractivity contribution >= 4 is 23.4 Å². The lowest BCUT2D eigenvalue weighted by molar-refractivity contribution is -0.123. The van der Waals surface area contributed by atoms with Crippen LogP contribution in [0.4, 0.5) is 0 Å². The first-order valence-electron chi connectivity index (χ1n) is 8.42. The van der Waals surface area contributed by atoms with Crippen LogP contribution in [0.1, 0.15) is 48.5 Å². The van der Waals surface area contributed by atoms with Gasteiger partial charge in [0, 0.05) is 11.9 Å². The van der Waals surface area contributed by atoms with Crippen molar-refractivity contribution in [3.63, 3.8) is 0 Å². The standard InChI is InChI=1S/C20H21ClN2O2/c1-13(24)22-19(15-6-9-16(21)10-7-15)12-20(25)23-18-11-8-14-4-2-3-5-17(14)18/h2-7,9-10,18-19H,8,11-12H2,1H3,(H,22,24)(H,23,25). The summed E-state index contributed by atoms with van der Waals surface area (Å²) in [5, 5.41) is 6.57. The molecule has 0 heterocycles. The van der Waals surface area contributed by atoms with E-state index in [0.29, 0.717) is 5.02 Å². The minimum Gasteiger partial charge on any atom is -0.349 e. The Kier molecular flexibility index (Phi) is 5.39. The molecule has 1 aliphatic carbocycles. The number of hydrogen-bond acceptors (Lipinski definition) is 2. The van der Waals surface area contributed by atoms with Crippen LogP contribution in [-0.4, -0.2) is 11.8 Å². The molecule has 3 rings (SSSR count). The molecule has 25 heavy (non-hydrogen) atoms. The van der Waals surface area contributed by atoms with Gasteiger partial charge in [0.1, 0.15) is 0 Å². The molecule has 0 aliphatic heterocycles. The van der Waals surface area contributed by atoms with Gasteiger partial charge in [-0.1, -0.05) is 48.0 Å². The summed E-state index contributed by atoms with van der Waals surface area (Å²) in [6.07, 6.45) is 2.09. The number of benzene rings is 2. The van der Waals surface area contributed by atoms with Gasteiger partial charge in [-0.2, -0.15) is 0 Å². The van der Waals surface area contributed by atoms with Crippen molar-refractivity contribution in [1.82, 2.24) is 10.6 Å². The molecule has 0 fully saturated rings. The Labute approximate surface area is 152 Å². The molecule has 0 spiro atoms. The van der Waals surface area contributed by atoms with Crippen LogP contribution in [0.2, 0.25) is 5.02 Å². The molecular formula is C20H21ClN2O2. The molecule has 1 aliphatic rings. The molecule has 0 saturated heterocycles. The molecule has 0 bridgehead atoms. The normalized spacial score (nSPS) is 16.8. The molecule has 4 nitrogen and oxygen atoms in total. The fraction of sp³-hybridized carbons (Fsp3) is 0.300. The Morgan fingerprint density at radius 2 is 1.88 bits per heavy atom. The van der Waals surface area contributed by atoms with Gasteiger partial charge in [-0.15, -0.1) is 0 Å². The Morgan fingerprint density at radius 1 is 1.16 bits per heavy atom. The summed E-state index contributed by atoms with van der Waals surface area (Å²) in [6, 6.07) is 15.1. The molecule has 2 unspecified atom stereocenters. The molecular weight excluding hydrogens is 336 g/mol. The van der Waals surface area contributed by atoms with Gasteiger partial charge >= 0.3 is 0 Å². The van der Waals surface area contributed by atoms with Gasteiger partial charge in [-0.05, 0) is 41.7 Å². The Hall–Kier alpha value is -2.33. The molecule has 0 saturated carbocycles. The summed E-state index contributed by atoms with van der Waals surface area (Å²) >= 11 is 5.92. The van der Waals surface area contributed by atoms with Crippen LogP contribution < -0.4 is 10.6 Å². The van der Waals surface area contributed by atoms with Crippen molar-refractivity contribution in [3.8, 4) is 0 Å². The summed E-state index contributed by atoms with van der Waals surface area (Å²) in [7, 11) is 0. The maximum Gasteiger partial charge on any atom is 0.222 e. The highest BCUT2D eigenvalue weighted by molar-refractivity contribution is 6.30. The van der Waals surface area contributed by atoms with Gasteiger partial charge in [-0.25, -0.2) is 0 Å². The summed E-state index contributed by atoms with van der Waals surface area (Å²) < 4.78 is 0. The van der Waals surface area contributed by atoms with Crippen molar-refractivity contribution in [2.24, 2.45) is 0 Å². The average Bonchev–Trinajstić information content (AvgIpc) is 2.98. The van der Waals surface area contributed by atoms with E-state index >= 15 is 0 Å². The van der Waals surface area contributed by atoms with Crippen LogP contribution in [0.15, 0.2) is 48.5 Å². The van der Waals surface area contributed by atoms with Crippen LogP contribution in [0, 0.1) is 0 Å². The Bertz CT molecular complexity index is 774. The van der Waals surface area contributed by atoms with E-state index in [1.165, 1.54) is 18.1 Å². The van der Waals surface area contributed by atoms with Crippen molar-refractivity contribution in [1.29, 1.82) is 0 Å². The first kappa shape index (κ1) is 17.5. The second-order valence-corrected chi connectivity index (χ2v) is 6.80. The topological polar surface area (TPSA) is 58.2 Å².